The minimum absolute atomic E-state index is 0.995. The molecule has 0 spiro atoms. The van der Waals surface area contributed by atoms with E-state index in [1.54, 1.807) is 11.3 Å². The highest BCUT2D eigenvalue weighted by Crippen LogP contribution is 2.32. The molecule has 2 nitrogen and oxygen atoms in total. The summed E-state index contributed by atoms with van der Waals surface area (Å²) in [6.45, 7) is 4.23. The van der Waals surface area contributed by atoms with E-state index >= 15 is 0 Å². The maximum Gasteiger partial charge on any atom is 0.155 e. The molecule has 24 heavy (non-hydrogen) atoms. The van der Waals surface area contributed by atoms with Crippen molar-refractivity contribution in [3.63, 3.8) is 0 Å². The molecule has 0 unspecified atom stereocenters. The smallest absolute Gasteiger partial charge is 0.155 e. The maximum absolute atomic E-state index is 4.94. The number of para-hydroxylation sites is 1. The lowest BCUT2D eigenvalue weighted by Gasteiger charge is -2.05. The number of nitrogens with zero attached hydrogens (tertiary/aromatic N) is 2. The SMILES string of the molecule is Cc1ccc(-c2cn(-c3ccccc3)c(-c3ccc(C)s3)n2)cc1. The molecule has 0 atom stereocenters. The quantitative estimate of drug-likeness (QED) is 0.458. The molecular formula is C21H18N2S. The second-order valence-electron chi connectivity index (χ2n) is 5.93. The molecule has 0 aliphatic rings. The van der Waals surface area contributed by atoms with Gasteiger partial charge < -0.3 is 0 Å². The fourth-order valence-electron chi connectivity index (χ4n) is 2.76. The number of aromatic nitrogens is 2. The van der Waals surface area contributed by atoms with Gasteiger partial charge in [0, 0.05) is 22.3 Å². The number of rotatable bonds is 3. The van der Waals surface area contributed by atoms with Crippen LogP contribution in [0.1, 0.15) is 10.4 Å². The largest absolute Gasteiger partial charge is 0.298 e. The molecule has 118 valence electrons. The minimum atomic E-state index is 0.995. The van der Waals surface area contributed by atoms with E-state index in [2.05, 4.69) is 85.3 Å². The summed E-state index contributed by atoms with van der Waals surface area (Å²) in [7, 11) is 0. The number of hydrogen-bond acceptors (Lipinski definition) is 2. The fourth-order valence-corrected chi connectivity index (χ4v) is 3.61. The van der Waals surface area contributed by atoms with Crippen molar-refractivity contribution in [2.45, 2.75) is 13.8 Å². The first-order valence-corrected chi connectivity index (χ1v) is 8.81. The van der Waals surface area contributed by atoms with Crippen LogP contribution in [0.4, 0.5) is 0 Å². The molecule has 0 fully saturated rings. The molecule has 0 bridgehead atoms. The van der Waals surface area contributed by atoms with Crippen LogP contribution in [0.5, 0.6) is 0 Å². The number of aryl methyl sites for hydroxylation is 2. The van der Waals surface area contributed by atoms with E-state index in [1.807, 2.05) is 6.07 Å². The molecule has 2 heterocycles. The van der Waals surface area contributed by atoms with Crippen molar-refractivity contribution in [3.05, 3.63) is 83.4 Å². The highest BCUT2D eigenvalue weighted by atomic mass is 32.1. The first-order chi connectivity index (χ1) is 11.7. The first-order valence-electron chi connectivity index (χ1n) is 7.99. The predicted octanol–water partition coefficient (Wildman–Crippen LogP) is 5.88. The van der Waals surface area contributed by atoms with Gasteiger partial charge in [-0.1, -0.05) is 48.0 Å². The third-order valence-electron chi connectivity index (χ3n) is 4.05. The zero-order valence-corrected chi connectivity index (χ0v) is 14.5. The van der Waals surface area contributed by atoms with Gasteiger partial charge in [-0.05, 0) is 38.1 Å². The van der Waals surface area contributed by atoms with Crippen LogP contribution in [0.25, 0.3) is 27.6 Å². The molecular weight excluding hydrogens is 312 g/mol. The van der Waals surface area contributed by atoms with Crippen LogP contribution >= 0.6 is 11.3 Å². The van der Waals surface area contributed by atoms with Crippen molar-refractivity contribution in [1.29, 1.82) is 0 Å². The zero-order valence-electron chi connectivity index (χ0n) is 13.7. The molecule has 3 heteroatoms. The van der Waals surface area contributed by atoms with E-state index in [1.165, 1.54) is 15.3 Å². The van der Waals surface area contributed by atoms with Crippen molar-refractivity contribution >= 4 is 11.3 Å². The lowest BCUT2D eigenvalue weighted by Crippen LogP contribution is -1.94. The standard InChI is InChI=1S/C21H18N2S/c1-15-8-11-17(12-9-15)19-14-23(18-6-4-3-5-7-18)21(22-19)20-13-10-16(2)24-20/h3-14H,1-2H3. The first kappa shape index (κ1) is 14.9. The molecule has 2 aromatic carbocycles. The maximum atomic E-state index is 4.94. The van der Waals surface area contributed by atoms with Crippen molar-refractivity contribution in [2.24, 2.45) is 0 Å². The minimum Gasteiger partial charge on any atom is -0.298 e. The van der Waals surface area contributed by atoms with Gasteiger partial charge >= 0.3 is 0 Å². The number of thiophene rings is 1. The summed E-state index contributed by atoms with van der Waals surface area (Å²) in [6.07, 6.45) is 2.13. The van der Waals surface area contributed by atoms with Crippen LogP contribution in [0.15, 0.2) is 72.9 Å². The van der Waals surface area contributed by atoms with Crippen LogP contribution < -0.4 is 0 Å². The van der Waals surface area contributed by atoms with Crippen LogP contribution in [0.2, 0.25) is 0 Å². The number of hydrogen-bond donors (Lipinski definition) is 0. The average molecular weight is 330 g/mol. The Labute approximate surface area is 146 Å². The topological polar surface area (TPSA) is 17.8 Å². The van der Waals surface area contributed by atoms with Gasteiger partial charge in [0.15, 0.2) is 5.82 Å². The number of benzene rings is 2. The Bertz CT molecular complexity index is 963. The Morgan fingerprint density at radius 3 is 2.25 bits per heavy atom. The van der Waals surface area contributed by atoms with Crippen LogP contribution in [0, 0.1) is 13.8 Å². The lowest BCUT2D eigenvalue weighted by molar-refractivity contribution is 1.07. The monoisotopic (exact) mass is 330 g/mol. The molecule has 4 rings (SSSR count). The summed E-state index contributed by atoms with van der Waals surface area (Å²) in [5.41, 5.74) is 4.53. The number of imidazole rings is 1. The van der Waals surface area contributed by atoms with Gasteiger partial charge in [0.25, 0.3) is 0 Å². The van der Waals surface area contributed by atoms with Gasteiger partial charge in [0.1, 0.15) is 0 Å². The van der Waals surface area contributed by atoms with E-state index in [0.717, 1.165) is 22.8 Å². The van der Waals surface area contributed by atoms with E-state index in [4.69, 9.17) is 4.98 Å². The fraction of sp³-hybridized carbons (Fsp3) is 0.0952. The predicted molar refractivity (Wildman–Crippen MR) is 102 cm³/mol. The van der Waals surface area contributed by atoms with Crippen molar-refractivity contribution in [2.75, 3.05) is 0 Å². The molecule has 0 aliphatic heterocycles. The molecule has 0 N–H and O–H groups in total. The Morgan fingerprint density at radius 1 is 0.833 bits per heavy atom. The van der Waals surface area contributed by atoms with E-state index in [9.17, 15) is 0 Å². The van der Waals surface area contributed by atoms with Gasteiger partial charge in [0.2, 0.25) is 0 Å². The molecule has 0 aliphatic carbocycles. The summed E-state index contributed by atoms with van der Waals surface area (Å²) >= 11 is 1.78. The van der Waals surface area contributed by atoms with Gasteiger partial charge in [-0.25, -0.2) is 4.98 Å². The Balaban J connectivity index is 1.89. The molecule has 4 aromatic rings. The van der Waals surface area contributed by atoms with E-state index in [0.29, 0.717) is 0 Å². The Morgan fingerprint density at radius 2 is 1.58 bits per heavy atom. The summed E-state index contributed by atoms with van der Waals surface area (Å²) in [4.78, 5) is 7.43. The third kappa shape index (κ3) is 2.79. The molecule has 2 aromatic heterocycles. The summed E-state index contributed by atoms with van der Waals surface area (Å²) in [6, 6.07) is 23.2. The molecule has 0 amide bonds. The van der Waals surface area contributed by atoms with Gasteiger partial charge in [-0.2, -0.15) is 0 Å². The Kier molecular flexibility index (Phi) is 3.79. The van der Waals surface area contributed by atoms with Crippen molar-refractivity contribution in [1.82, 2.24) is 9.55 Å². The van der Waals surface area contributed by atoms with Crippen LogP contribution in [-0.4, -0.2) is 9.55 Å². The molecule has 0 radical (unpaired) electrons. The Hall–Kier alpha value is -2.65. The second kappa shape index (κ2) is 6.10. The van der Waals surface area contributed by atoms with E-state index < -0.39 is 0 Å². The summed E-state index contributed by atoms with van der Waals surface area (Å²) < 4.78 is 2.18. The van der Waals surface area contributed by atoms with Gasteiger partial charge in [0.05, 0.1) is 10.6 Å². The molecule has 0 saturated carbocycles. The van der Waals surface area contributed by atoms with Crippen molar-refractivity contribution in [3.8, 4) is 27.6 Å². The van der Waals surface area contributed by atoms with Gasteiger partial charge in [-0.3, -0.25) is 4.57 Å². The van der Waals surface area contributed by atoms with Crippen LogP contribution in [-0.2, 0) is 0 Å². The lowest BCUT2D eigenvalue weighted by atomic mass is 10.1. The van der Waals surface area contributed by atoms with E-state index in [-0.39, 0.29) is 0 Å². The average Bonchev–Trinajstić information content (AvgIpc) is 3.23. The van der Waals surface area contributed by atoms with Crippen LogP contribution in [0.3, 0.4) is 0 Å². The summed E-state index contributed by atoms with van der Waals surface area (Å²) in [5, 5.41) is 0. The normalized spacial score (nSPS) is 10.9. The molecule has 0 saturated heterocycles. The van der Waals surface area contributed by atoms with Gasteiger partial charge in [-0.15, -0.1) is 11.3 Å². The summed E-state index contributed by atoms with van der Waals surface area (Å²) in [5.74, 6) is 0.995. The second-order valence-corrected chi connectivity index (χ2v) is 7.22. The highest BCUT2D eigenvalue weighted by Gasteiger charge is 2.14. The third-order valence-corrected chi connectivity index (χ3v) is 5.04. The van der Waals surface area contributed by atoms with Crippen molar-refractivity contribution < 1.29 is 0 Å². The zero-order chi connectivity index (χ0) is 16.5. The highest BCUT2D eigenvalue weighted by molar-refractivity contribution is 7.15.